The highest BCUT2D eigenvalue weighted by molar-refractivity contribution is 9.10. The smallest absolute Gasteiger partial charge is 0.324 e. The molecule has 1 aliphatic rings. The minimum atomic E-state index is -0.383. The number of nitrogens with two attached hydrogens (primary N) is 1. The molecule has 1 saturated heterocycles. The van der Waals surface area contributed by atoms with Gasteiger partial charge in [-0.3, -0.25) is 15.1 Å². The molecule has 5 N–H and O–H groups in total. The summed E-state index contributed by atoms with van der Waals surface area (Å²) in [5.74, 6) is 0.855. The summed E-state index contributed by atoms with van der Waals surface area (Å²) in [6.45, 7) is 5.31. The van der Waals surface area contributed by atoms with Gasteiger partial charge in [0.25, 0.3) is 0 Å². The zero-order chi connectivity index (χ0) is 25.8. The number of nitrogens with one attached hydrogen (secondary N) is 2. The SMILES string of the molecule is Nc1ncnn2c(CN3CCN(CCO)CC3)cc(-c3ccc(NC(=O)Nc4cccc(Br)n4)cc3)c12. The number of nitrogens with zero attached hydrogens (tertiary/aromatic N) is 6. The fourth-order valence-electron chi connectivity index (χ4n) is 4.50. The molecule has 0 radical (unpaired) electrons. The molecule has 0 spiro atoms. The van der Waals surface area contributed by atoms with Crippen LogP contribution in [0.2, 0.25) is 0 Å². The van der Waals surface area contributed by atoms with E-state index in [1.807, 2.05) is 28.8 Å². The van der Waals surface area contributed by atoms with Gasteiger partial charge in [0, 0.05) is 50.5 Å². The summed E-state index contributed by atoms with van der Waals surface area (Å²) < 4.78 is 2.50. The summed E-state index contributed by atoms with van der Waals surface area (Å²) in [7, 11) is 0. The molecule has 3 aromatic heterocycles. The molecule has 192 valence electrons. The van der Waals surface area contributed by atoms with Crippen LogP contribution in [-0.2, 0) is 6.54 Å². The number of aliphatic hydroxyl groups excluding tert-OH is 1. The number of carbonyl (C=O) groups is 1. The quantitative estimate of drug-likeness (QED) is 0.251. The van der Waals surface area contributed by atoms with Crippen molar-refractivity contribution < 1.29 is 9.90 Å². The van der Waals surface area contributed by atoms with Crippen LogP contribution in [0.3, 0.4) is 0 Å². The van der Waals surface area contributed by atoms with Crippen LogP contribution >= 0.6 is 15.9 Å². The van der Waals surface area contributed by atoms with E-state index in [0.717, 1.165) is 55.1 Å². The number of aromatic nitrogens is 4. The van der Waals surface area contributed by atoms with Crippen LogP contribution in [0.4, 0.5) is 22.1 Å². The van der Waals surface area contributed by atoms with Gasteiger partial charge in [0.15, 0.2) is 5.82 Å². The first-order chi connectivity index (χ1) is 18.0. The van der Waals surface area contributed by atoms with E-state index in [4.69, 9.17) is 5.73 Å². The summed E-state index contributed by atoms with van der Waals surface area (Å²) in [5.41, 5.74) is 10.6. The fourth-order valence-corrected chi connectivity index (χ4v) is 4.84. The molecule has 1 aromatic carbocycles. The summed E-state index contributed by atoms with van der Waals surface area (Å²) in [5, 5.41) is 19.2. The number of urea groups is 1. The molecule has 4 aromatic rings. The van der Waals surface area contributed by atoms with Crippen molar-refractivity contribution in [1.82, 2.24) is 29.4 Å². The second-order valence-corrected chi connectivity index (χ2v) is 9.61. The van der Waals surface area contributed by atoms with Gasteiger partial charge in [-0.05, 0) is 51.8 Å². The topological polar surface area (TPSA) is 137 Å². The highest BCUT2D eigenvalue weighted by Crippen LogP contribution is 2.31. The predicted molar refractivity (Wildman–Crippen MR) is 146 cm³/mol. The zero-order valence-corrected chi connectivity index (χ0v) is 21.7. The number of benzene rings is 1. The van der Waals surface area contributed by atoms with E-state index in [1.54, 1.807) is 18.2 Å². The molecule has 1 fully saturated rings. The van der Waals surface area contributed by atoms with Gasteiger partial charge in [-0.2, -0.15) is 5.10 Å². The van der Waals surface area contributed by atoms with Gasteiger partial charge in [-0.1, -0.05) is 18.2 Å². The number of carbonyl (C=O) groups excluding carboxylic acids is 1. The van der Waals surface area contributed by atoms with Gasteiger partial charge in [0.05, 0.1) is 12.3 Å². The van der Waals surface area contributed by atoms with Gasteiger partial charge in [0.2, 0.25) is 0 Å². The van der Waals surface area contributed by atoms with E-state index in [1.165, 1.54) is 6.33 Å². The largest absolute Gasteiger partial charge is 0.395 e. The Morgan fingerprint density at radius 2 is 1.81 bits per heavy atom. The maximum absolute atomic E-state index is 12.4. The maximum Gasteiger partial charge on any atom is 0.324 e. The molecule has 2 amide bonds. The second-order valence-electron chi connectivity index (χ2n) is 8.80. The molecule has 1 aliphatic heterocycles. The molecular weight excluding hydrogens is 538 g/mol. The van der Waals surface area contributed by atoms with E-state index < -0.39 is 0 Å². The van der Waals surface area contributed by atoms with Crippen molar-refractivity contribution in [2.24, 2.45) is 0 Å². The third-order valence-electron chi connectivity index (χ3n) is 6.33. The van der Waals surface area contributed by atoms with Gasteiger partial charge in [-0.15, -0.1) is 0 Å². The number of amides is 2. The van der Waals surface area contributed by atoms with Gasteiger partial charge < -0.3 is 16.2 Å². The first-order valence-electron chi connectivity index (χ1n) is 12.0. The average molecular weight is 566 g/mol. The number of hydrogen-bond donors (Lipinski definition) is 4. The first kappa shape index (κ1) is 25.1. The van der Waals surface area contributed by atoms with Crippen molar-refractivity contribution >= 4 is 44.8 Å². The van der Waals surface area contributed by atoms with Crippen molar-refractivity contribution in [1.29, 1.82) is 0 Å². The van der Waals surface area contributed by atoms with Crippen LogP contribution in [0.1, 0.15) is 5.69 Å². The van der Waals surface area contributed by atoms with Crippen molar-refractivity contribution in [3.8, 4) is 11.1 Å². The number of nitrogen functional groups attached to an aromatic ring is 1. The molecule has 12 heteroatoms. The number of anilines is 3. The Morgan fingerprint density at radius 1 is 1.05 bits per heavy atom. The molecule has 0 atom stereocenters. The lowest BCUT2D eigenvalue weighted by molar-refractivity contribution is 0.107. The van der Waals surface area contributed by atoms with E-state index in [2.05, 4.69) is 57.5 Å². The molecule has 0 bridgehead atoms. The van der Waals surface area contributed by atoms with Crippen molar-refractivity contribution in [3.05, 3.63) is 65.2 Å². The Bertz CT molecular complexity index is 1380. The van der Waals surface area contributed by atoms with Gasteiger partial charge in [0.1, 0.15) is 22.3 Å². The van der Waals surface area contributed by atoms with E-state index >= 15 is 0 Å². The third kappa shape index (κ3) is 5.88. The number of rotatable bonds is 7. The normalized spacial score (nSPS) is 14.6. The number of piperazine rings is 1. The average Bonchev–Trinajstić information content (AvgIpc) is 3.25. The third-order valence-corrected chi connectivity index (χ3v) is 6.78. The Balaban J connectivity index is 1.32. The molecule has 5 rings (SSSR count). The summed E-state index contributed by atoms with van der Waals surface area (Å²) in [6, 6.07) is 14.6. The molecule has 37 heavy (non-hydrogen) atoms. The zero-order valence-electron chi connectivity index (χ0n) is 20.1. The lowest BCUT2D eigenvalue weighted by Gasteiger charge is -2.34. The van der Waals surface area contributed by atoms with Crippen molar-refractivity contribution in [2.45, 2.75) is 6.54 Å². The Morgan fingerprint density at radius 3 is 2.54 bits per heavy atom. The maximum atomic E-state index is 12.4. The highest BCUT2D eigenvalue weighted by Gasteiger charge is 2.20. The van der Waals surface area contributed by atoms with E-state index in [0.29, 0.717) is 28.5 Å². The van der Waals surface area contributed by atoms with E-state index in [-0.39, 0.29) is 12.6 Å². The fraction of sp³-hybridized carbons (Fsp3) is 0.280. The minimum absolute atomic E-state index is 0.185. The molecule has 11 nitrogen and oxygen atoms in total. The van der Waals surface area contributed by atoms with E-state index in [9.17, 15) is 9.90 Å². The Hall–Kier alpha value is -3.58. The molecule has 0 unspecified atom stereocenters. The molecule has 4 heterocycles. The predicted octanol–water partition coefficient (Wildman–Crippen LogP) is 2.89. The summed E-state index contributed by atoms with van der Waals surface area (Å²) in [6.07, 6.45) is 1.47. The number of pyridine rings is 1. The van der Waals surface area contributed by atoms with Crippen LogP contribution in [0.15, 0.2) is 59.5 Å². The van der Waals surface area contributed by atoms with Crippen LogP contribution in [0, 0.1) is 0 Å². The Kier molecular flexibility index (Phi) is 7.60. The summed E-state index contributed by atoms with van der Waals surface area (Å²) in [4.78, 5) is 25.4. The van der Waals surface area contributed by atoms with Crippen LogP contribution in [0.25, 0.3) is 16.6 Å². The van der Waals surface area contributed by atoms with Crippen molar-refractivity contribution in [3.63, 3.8) is 0 Å². The van der Waals surface area contributed by atoms with Crippen LogP contribution < -0.4 is 16.4 Å². The molecule has 0 saturated carbocycles. The lowest BCUT2D eigenvalue weighted by Crippen LogP contribution is -2.46. The van der Waals surface area contributed by atoms with Crippen LogP contribution in [0.5, 0.6) is 0 Å². The van der Waals surface area contributed by atoms with Crippen LogP contribution in [-0.4, -0.2) is 79.9 Å². The minimum Gasteiger partial charge on any atom is -0.395 e. The molecule has 0 aliphatic carbocycles. The van der Waals surface area contributed by atoms with Gasteiger partial charge >= 0.3 is 6.03 Å². The standard InChI is InChI=1S/C25H28BrN9O2/c26-21-2-1-3-22(31-21)32-25(37)30-18-6-4-17(5-7-18)20-14-19(35-23(20)24(27)28-16-29-35)15-34-10-8-33(9-11-34)12-13-36/h1-7,14,16,36H,8-13,15H2,(H2,27,28,29)(H2,30,31,32,37). The number of β-amino-alcohol motifs (C(OH)–C–C–N with tert-alkyl or cyclic N) is 1. The number of fused-ring (bicyclic) bond motifs is 1. The second kappa shape index (κ2) is 11.2. The first-order valence-corrected chi connectivity index (χ1v) is 12.8. The Labute approximate surface area is 222 Å². The number of halogens is 1. The number of aliphatic hydroxyl groups is 1. The van der Waals surface area contributed by atoms with Crippen molar-refractivity contribution in [2.75, 3.05) is 55.7 Å². The molecular formula is C25H28BrN9O2. The monoisotopic (exact) mass is 565 g/mol. The summed E-state index contributed by atoms with van der Waals surface area (Å²) >= 11 is 3.29. The van der Waals surface area contributed by atoms with Gasteiger partial charge in [-0.25, -0.2) is 19.3 Å². The lowest BCUT2D eigenvalue weighted by atomic mass is 10.1. The number of hydrogen-bond acceptors (Lipinski definition) is 8. The highest BCUT2D eigenvalue weighted by atomic mass is 79.9.